The molecule has 5 nitrogen and oxygen atoms in total. The lowest BCUT2D eigenvalue weighted by atomic mass is 9.53. The molecule has 44 heavy (non-hydrogen) atoms. The monoisotopic (exact) mass is 586 g/mol. The van der Waals surface area contributed by atoms with Gasteiger partial charge in [0, 0.05) is 39.9 Å². The summed E-state index contributed by atoms with van der Waals surface area (Å²) in [6, 6.07) is 0.245. The normalized spacial score (nSPS) is 35.6. The van der Waals surface area contributed by atoms with Crippen molar-refractivity contribution in [2.45, 2.75) is 86.0 Å². The third-order valence-electron chi connectivity index (χ3n) is 12.5. The van der Waals surface area contributed by atoms with Gasteiger partial charge in [-0.05, 0) is 73.5 Å². The Morgan fingerprint density at radius 2 is 1.84 bits per heavy atom. The number of hydrogen-bond acceptors (Lipinski definition) is 5. The molecule has 0 aromatic carbocycles. The summed E-state index contributed by atoms with van der Waals surface area (Å²) in [5, 5.41) is 7.89. The molecule has 6 aliphatic heterocycles. The quantitative estimate of drug-likeness (QED) is 0.357. The molecule has 6 heterocycles. The maximum atomic E-state index is 6.63. The summed E-state index contributed by atoms with van der Waals surface area (Å²) in [7, 11) is 0. The van der Waals surface area contributed by atoms with E-state index < -0.39 is 0 Å². The van der Waals surface area contributed by atoms with Crippen LogP contribution in [0.1, 0.15) is 67.7 Å². The highest BCUT2D eigenvalue weighted by molar-refractivity contribution is 5.62. The molecular weight excluding hydrogens is 540 g/mol. The minimum absolute atomic E-state index is 0.0458. The number of nitrogens with one attached hydrogen (secondary N) is 2. The number of piperidine rings is 1. The fraction of sp³-hybridized carbons (Fsp3) is 0.487. The van der Waals surface area contributed by atoms with Crippen LogP contribution in [0, 0.1) is 22.7 Å². The van der Waals surface area contributed by atoms with E-state index in [4.69, 9.17) is 4.74 Å². The van der Waals surface area contributed by atoms with Crippen molar-refractivity contribution in [1.82, 2.24) is 20.4 Å². The van der Waals surface area contributed by atoms with Crippen molar-refractivity contribution in [2.24, 2.45) is 22.7 Å². The van der Waals surface area contributed by atoms with Crippen LogP contribution in [-0.4, -0.2) is 41.2 Å². The summed E-state index contributed by atoms with van der Waals surface area (Å²) in [6.07, 6.45) is 22.8. The molecular formula is C39H46N4O. The highest BCUT2D eigenvalue weighted by atomic mass is 16.5. The summed E-state index contributed by atoms with van der Waals surface area (Å²) in [6.45, 7) is 18.6. The van der Waals surface area contributed by atoms with Gasteiger partial charge in [-0.3, -0.25) is 0 Å². The maximum Gasteiger partial charge on any atom is 0.191 e. The minimum Gasteiger partial charge on any atom is -0.470 e. The van der Waals surface area contributed by atoms with Crippen LogP contribution in [0.5, 0.6) is 0 Å². The Morgan fingerprint density at radius 1 is 1.02 bits per heavy atom. The molecule has 2 saturated heterocycles. The zero-order chi connectivity index (χ0) is 30.3. The molecule has 0 aromatic heterocycles. The molecule has 5 unspecified atom stereocenters. The van der Waals surface area contributed by atoms with E-state index in [0.717, 1.165) is 38.2 Å². The van der Waals surface area contributed by atoms with Crippen LogP contribution in [0.15, 0.2) is 116 Å². The Labute approximate surface area is 262 Å². The van der Waals surface area contributed by atoms with E-state index in [9.17, 15) is 0 Å². The second-order valence-corrected chi connectivity index (χ2v) is 15.5. The Bertz CT molecular complexity index is 1730. The van der Waals surface area contributed by atoms with E-state index >= 15 is 0 Å². The van der Waals surface area contributed by atoms with Gasteiger partial charge in [0.25, 0.3) is 0 Å². The molecule has 0 radical (unpaired) electrons. The van der Waals surface area contributed by atoms with Crippen molar-refractivity contribution in [3.05, 3.63) is 116 Å². The maximum absolute atomic E-state index is 6.63. The minimum atomic E-state index is -0.0559. The zero-order valence-electron chi connectivity index (χ0n) is 27.3. The fourth-order valence-corrected chi connectivity index (χ4v) is 9.82. The predicted molar refractivity (Wildman–Crippen MR) is 176 cm³/mol. The van der Waals surface area contributed by atoms with Crippen molar-refractivity contribution < 1.29 is 4.74 Å². The second kappa shape index (κ2) is 8.77. The van der Waals surface area contributed by atoms with Gasteiger partial charge >= 0.3 is 0 Å². The summed E-state index contributed by atoms with van der Waals surface area (Å²) < 4.78 is 6.63. The lowest BCUT2D eigenvalue weighted by Crippen LogP contribution is -2.55. The van der Waals surface area contributed by atoms with E-state index in [0.29, 0.717) is 11.8 Å². The molecule has 5 heteroatoms. The molecule has 228 valence electrons. The van der Waals surface area contributed by atoms with Crippen LogP contribution in [-0.2, 0) is 4.74 Å². The second-order valence-electron chi connectivity index (χ2n) is 15.5. The molecule has 2 fully saturated rings. The number of ether oxygens (including phenoxy) is 1. The van der Waals surface area contributed by atoms with Crippen molar-refractivity contribution in [3.8, 4) is 0 Å². The Morgan fingerprint density at radius 3 is 2.61 bits per heavy atom. The smallest absolute Gasteiger partial charge is 0.191 e. The van der Waals surface area contributed by atoms with Gasteiger partial charge in [0.05, 0.1) is 29.9 Å². The summed E-state index contributed by atoms with van der Waals surface area (Å²) in [5.41, 5.74) is 15.7. The lowest BCUT2D eigenvalue weighted by Gasteiger charge is -2.59. The van der Waals surface area contributed by atoms with Gasteiger partial charge in [0.15, 0.2) is 5.88 Å². The molecule has 9 aliphatic rings. The van der Waals surface area contributed by atoms with Crippen molar-refractivity contribution in [1.29, 1.82) is 0 Å². The first kappa shape index (κ1) is 26.8. The number of dihydropyridines is 2. The summed E-state index contributed by atoms with van der Waals surface area (Å²) >= 11 is 0. The number of fused-ring (bicyclic) bond motifs is 9. The van der Waals surface area contributed by atoms with Gasteiger partial charge in [-0.1, -0.05) is 76.6 Å². The number of rotatable bonds is 2. The highest BCUT2D eigenvalue weighted by Crippen LogP contribution is 2.66. The van der Waals surface area contributed by atoms with Gasteiger partial charge in [-0.25, -0.2) is 0 Å². The van der Waals surface area contributed by atoms with Crippen molar-refractivity contribution >= 4 is 0 Å². The topological polar surface area (TPSA) is 39.8 Å². The van der Waals surface area contributed by atoms with Crippen LogP contribution < -0.4 is 10.6 Å². The van der Waals surface area contributed by atoms with E-state index in [1.807, 2.05) is 0 Å². The molecule has 0 aromatic rings. The predicted octanol–water partition coefficient (Wildman–Crippen LogP) is 7.24. The van der Waals surface area contributed by atoms with Gasteiger partial charge in [-0.15, -0.1) is 0 Å². The average molecular weight is 587 g/mol. The highest BCUT2D eigenvalue weighted by Gasteiger charge is 2.63. The number of nitrogens with zero attached hydrogens (tertiary/aromatic N) is 2. The van der Waals surface area contributed by atoms with E-state index in [-0.39, 0.29) is 29.1 Å². The zero-order valence-corrected chi connectivity index (χ0v) is 27.3. The molecule has 0 spiro atoms. The van der Waals surface area contributed by atoms with Crippen LogP contribution in [0.3, 0.4) is 0 Å². The van der Waals surface area contributed by atoms with Crippen molar-refractivity contribution in [2.75, 3.05) is 13.1 Å². The number of hydrogen-bond donors (Lipinski definition) is 2. The largest absolute Gasteiger partial charge is 0.470 e. The SMILES string of the molecule is CC1=CC=C(C)C2C3=C(NC4CN5C6=C7C(=C(C(C)C)NC6)C(C)(C)C6(C)CC(C8=CCCC=C8)=CC=C6N7C5C4=C3)OC12. The average Bonchev–Trinajstić information content (AvgIpc) is 3.66. The Balaban J connectivity index is 1.22. The lowest BCUT2D eigenvalue weighted by molar-refractivity contribution is 0.0813. The van der Waals surface area contributed by atoms with Crippen LogP contribution in [0.2, 0.25) is 0 Å². The standard InChI is InChI=1S/C39H46N4O/c1-21(2)33-32-34-29(19-40-33)42-20-28-26(17-27-31-22(3)13-14-23(4)35(31)44-36(27)41-28)37(42)43(34)30-16-15-25(24-11-9-8-10-12-24)18-39(30,7)38(32,5)6/h9,11-17,21,28,31,35,37,40-41H,8,10,18-20H2,1-7H3. The molecule has 5 atom stereocenters. The van der Waals surface area contributed by atoms with E-state index in [1.165, 1.54) is 61.8 Å². The summed E-state index contributed by atoms with van der Waals surface area (Å²) in [5.74, 6) is 1.73. The first-order chi connectivity index (χ1) is 21.1. The van der Waals surface area contributed by atoms with E-state index in [2.05, 4.69) is 118 Å². The van der Waals surface area contributed by atoms with Gasteiger partial charge < -0.3 is 25.2 Å². The summed E-state index contributed by atoms with van der Waals surface area (Å²) in [4.78, 5) is 5.50. The third kappa shape index (κ3) is 3.21. The van der Waals surface area contributed by atoms with Gasteiger partial charge in [-0.2, -0.15) is 0 Å². The van der Waals surface area contributed by atoms with Gasteiger partial charge in [0.2, 0.25) is 0 Å². The van der Waals surface area contributed by atoms with Crippen LogP contribution >= 0.6 is 0 Å². The van der Waals surface area contributed by atoms with Crippen LogP contribution in [0.4, 0.5) is 0 Å². The first-order valence-corrected chi connectivity index (χ1v) is 16.9. The fourth-order valence-electron chi connectivity index (χ4n) is 9.82. The molecule has 9 rings (SSSR count). The molecule has 0 amide bonds. The van der Waals surface area contributed by atoms with Gasteiger partial charge in [0.1, 0.15) is 12.3 Å². The van der Waals surface area contributed by atoms with Crippen LogP contribution in [0.25, 0.3) is 0 Å². The Kier molecular flexibility index (Phi) is 5.34. The Hall–Kier alpha value is -3.60. The first-order valence-electron chi connectivity index (χ1n) is 16.9. The molecule has 0 saturated carbocycles. The van der Waals surface area contributed by atoms with Crippen molar-refractivity contribution in [3.63, 3.8) is 0 Å². The molecule has 0 bridgehead atoms. The van der Waals surface area contributed by atoms with E-state index in [1.54, 1.807) is 0 Å². The molecule has 2 N–H and O–H groups in total. The number of allylic oxidation sites excluding steroid dienone is 13. The third-order valence-corrected chi connectivity index (χ3v) is 12.5. The molecule has 3 aliphatic carbocycles.